The van der Waals surface area contributed by atoms with E-state index in [0.29, 0.717) is 11.5 Å². The van der Waals surface area contributed by atoms with Crippen molar-refractivity contribution < 1.29 is 9.53 Å². The minimum atomic E-state index is -0.253. The maximum atomic E-state index is 11.8. The van der Waals surface area contributed by atoms with Crippen molar-refractivity contribution in [3.05, 3.63) is 57.8 Å². The highest BCUT2D eigenvalue weighted by Crippen LogP contribution is 2.13. The third kappa shape index (κ3) is 4.69. The number of hydrogen-bond acceptors (Lipinski definition) is 4. The van der Waals surface area contributed by atoms with Crippen molar-refractivity contribution >= 4 is 17.3 Å². The van der Waals surface area contributed by atoms with Crippen molar-refractivity contribution in [1.82, 2.24) is 4.90 Å². The summed E-state index contributed by atoms with van der Waals surface area (Å²) in [5.74, 6) is -0.253. The zero-order valence-electron chi connectivity index (χ0n) is 12.5. The molecule has 0 spiro atoms. The second kappa shape index (κ2) is 7.96. The number of nitrogens with zero attached hydrogens (tertiary/aromatic N) is 1. The Kier molecular flexibility index (Phi) is 5.96. The molecule has 0 aliphatic carbocycles. The Balaban J connectivity index is 1.86. The summed E-state index contributed by atoms with van der Waals surface area (Å²) >= 11 is 1.40. The van der Waals surface area contributed by atoms with Crippen LogP contribution in [0.15, 0.2) is 41.8 Å². The van der Waals surface area contributed by atoms with E-state index in [4.69, 9.17) is 4.74 Å². The zero-order valence-corrected chi connectivity index (χ0v) is 13.4. The summed E-state index contributed by atoms with van der Waals surface area (Å²) in [6, 6.07) is 11.9. The number of carbonyl (C=O) groups is 1. The third-order valence-corrected chi connectivity index (χ3v) is 4.27. The van der Waals surface area contributed by atoms with Gasteiger partial charge in [0.15, 0.2) is 0 Å². The molecule has 0 N–H and O–H groups in total. The van der Waals surface area contributed by atoms with Crippen LogP contribution in [0.5, 0.6) is 0 Å². The minimum Gasteiger partial charge on any atom is -0.457 e. The summed E-state index contributed by atoms with van der Waals surface area (Å²) in [5.41, 5.74) is 2.30. The fourth-order valence-electron chi connectivity index (χ4n) is 2.06. The van der Waals surface area contributed by atoms with E-state index < -0.39 is 0 Å². The SMILES string of the molecule is CCN(CC)Cc1ccc(COC(=O)c2cccs2)cc1. The Morgan fingerprint density at radius 3 is 2.33 bits per heavy atom. The molecule has 1 aromatic heterocycles. The Labute approximate surface area is 130 Å². The highest BCUT2D eigenvalue weighted by Gasteiger charge is 2.08. The van der Waals surface area contributed by atoms with Crippen LogP contribution in [0.4, 0.5) is 0 Å². The molecule has 0 amide bonds. The van der Waals surface area contributed by atoms with Crippen LogP contribution in [-0.4, -0.2) is 24.0 Å². The quantitative estimate of drug-likeness (QED) is 0.725. The van der Waals surface area contributed by atoms with Crippen molar-refractivity contribution in [3.63, 3.8) is 0 Å². The molecule has 0 fully saturated rings. The molecular weight excluding hydrogens is 282 g/mol. The molecule has 0 aliphatic heterocycles. The van der Waals surface area contributed by atoms with Crippen LogP contribution >= 0.6 is 11.3 Å². The highest BCUT2D eigenvalue weighted by molar-refractivity contribution is 7.11. The van der Waals surface area contributed by atoms with Crippen molar-refractivity contribution in [2.24, 2.45) is 0 Å². The fraction of sp³-hybridized carbons (Fsp3) is 0.353. The van der Waals surface area contributed by atoms with E-state index in [1.165, 1.54) is 16.9 Å². The van der Waals surface area contributed by atoms with Crippen LogP contribution < -0.4 is 0 Å². The van der Waals surface area contributed by atoms with Gasteiger partial charge in [-0.05, 0) is 35.7 Å². The molecule has 0 atom stereocenters. The van der Waals surface area contributed by atoms with Gasteiger partial charge in [-0.3, -0.25) is 4.90 Å². The summed E-state index contributed by atoms with van der Waals surface area (Å²) in [5, 5.41) is 1.87. The largest absolute Gasteiger partial charge is 0.457 e. The molecule has 112 valence electrons. The summed E-state index contributed by atoms with van der Waals surface area (Å²) in [4.78, 5) is 14.8. The third-order valence-electron chi connectivity index (χ3n) is 3.42. The van der Waals surface area contributed by atoms with Crippen LogP contribution in [0.3, 0.4) is 0 Å². The molecule has 0 bridgehead atoms. The molecule has 0 radical (unpaired) electrons. The lowest BCUT2D eigenvalue weighted by Crippen LogP contribution is -2.22. The first-order chi connectivity index (χ1) is 10.2. The Morgan fingerprint density at radius 1 is 1.10 bits per heavy atom. The standard InChI is InChI=1S/C17H21NO2S/c1-3-18(4-2)12-14-7-9-15(10-8-14)13-20-17(19)16-6-5-11-21-16/h5-11H,3-4,12-13H2,1-2H3. The molecular formula is C17H21NO2S. The normalized spacial score (nSPS) is 10.8. The first-order valence-corrected chi connectivity index (χ1v) is 8.11. The number of carbonyl (C=O) groups excluding carboxylic acids is 1. The fourth-order valence-corrected chi connectivity index (χ4v) is 2.68. The summed E-state index contributed by atoms with van der Waals surface area (Å²) < 4.78 is 5.30. The van der Waals surface area contributed by atoms with Gasteiger partial charge in [-0.25, -0.2) is 4.79 Å². The van der Waals surface area contributed by atoms with Crippen LogP contribution in [0.25, 0.3) is 0 Å². The van der Waals surface area contributed by atoms with Gasteiger partial charge in [-0.1, -0.05) is 44.2 Å². The van der Waals surface area contributed by atoms with E-state index in [9.17, 15) is 4.79 Å². The van der Waals surface area contributed by atoms with Crippen molar-refractivity contribution in [1.29, 1.82) is 0 Å². The summed E-state index contributed by atoms with van der Waals surface area (Å²) in [7, 11) is 0. The first-order valence-electron chi connectivity index (χ1n) is 7.23. The lowest BCUT2D eigenvalue weighted by atomic mass is 10.1. The van der Waals surface area contributed by atoms with Gasteiger partial charge in [-0.2, -0.15) is 0 Å². The predicted octanol–water partition coefficient (Wildman–Crippen LogP) is 3.95. The minimum absolute atomic E-state index is 0.253. The summed E-state index contributed by atoms with van der Waals surface area (Å²) in [6.07, 6.45) is 0. The van der Waals surface area contributed by atoms with Crippen molar-refractivity contribution in [2.75, 3.05) is 13.1 Å². The van der Waals surface area contributed by atoms with Gasteiger partial charge in [0.2, 0.25) is 0 Å². The number of thiophene rings is 1. The van der Waals surface area contributed by atoms with E-state index in [-0.39, 0.29) is 5.97 Å². The zero-order chi connectivity index (χ0) is 15.1. The topological polar surface area (TPSA) is 29.5 Å². The van der Waals surface area contributed by atoms with Crippen LogP contribution in [0.1, 0.15) is 34.6 Å². The monoisotopic (exact) mass is 303 g/mol. The van der Waals surface area contributed by atoms with Gasteiger partial charge < -0.3 is 4.74 Å². The maximum Gasteiger partial charge on any atom is 0.348 e. The Hall–Kier alpha value is -1.65. The maximum absolute atomic E-state index is 11.8. The van der Waals surface area contributed by atoms with Crippen LogP contribution in [-0.2, 0) is 17.9 Å². The van der Waals surface area contributed by atoms with E-state index in [0.717, 1.165) is 25.2 Å². The lowest BCUT2D eigenvalue weighted by Gasteiger charge is -2.18. The van der Waals surface area contributed by atoms with E-state index in [1.54, 1.807) is 6.07 Å². The predicted molar refractivity (Wildman–Crippen MR) is 86.5 cm³/mol. The van der Waals surface area contributed by atoms with Crippen LogP contribution in [0, 0.1) is 0 Å². The molecule has 21 heavy (non-hydrogen) atoms. The lowest BCUT2D eigenvalue weighted by molar-refractivity contribution is 0.0478. The van der Waals surface area contributed by atoms with Gasteiger partial charge in [0, 0.05) is 6.54 Å². The number of ether oxygens (including phenoxy) is 1. The molecule has 2 aromatic rings. The average Bonchev–Trinajstić information content (AvgIpc) is 3.06. The number of hydrogen-bond donors (Lipinski definition) is 0. The first kappa shape index (κ1) is 15.7. The molecule has 1 aromatic carbocycles. The number of benzene rings is 1. The summed E-state index contributed by atoms with van der Waals surface area (Å²) in [6.45, 7) is 7.72. The molecule has 0 aliphatic rings. The molecule has 0 saturated heterocycles. The number of esters is 1. The van der Waals surface area contributed by atoms with Crippen molar-refractivity contribution in [2.45, 2.75) is 27.0 Å². The molecule has 2 rings (SSSR count). The second-order valence-electron chi connectivity index (χ2n) is 4.83. The van der Waals surface area contributed by atoms with E-state index >= 15 is 0 Å². The molecule has 0 saturated carbocycles. The van der Waals surface area contributed by atoms with Gasteiger partial charge in [0.1, 0.15) is 11.5 Å². The Morgan fingerprint density at radius 2 is 1.76 bits per heavy atom. The van der Waals surface area contributed by atoms with E-state index in [2.05, 4.69) is 30.9 Å². The van der Waals surface area contributed by atoms with Crippen LogP contribution in [0.2, 0.25) is 0 Å². The number of rotatable bonds is 7. The smallest absolute Gasteiger partial charge is 0.348 e. The Bertz CT molecular complexity index is 545. The van der Waals surface area contributed by atoms with Gasteiger partial charge in [0.25, 0.3) is 0 Å². The van der Waals surface area contributed by atoms with Gasteiger partial charge >= 0.3 is 5.97 Å². The van der Waals surface area contributed by atoms with Gasteiger partial charge in [0.05, 0.1) is 0 Å². The molecule has 0 unspecified atom stereocenters. The van der Waals surface area contributed by atoms with Crippen molar-refractivity contribution in [3.8, 4) is 0 Å². The molecule has 1 heterocycles. The second-order valence-corrected chi connectivity index (χ2v) is 5.78. The van der Waals surface area contributed by atoms with Gasteiger partial charge in [-0.15, -0.1) is 11.3 Å². The highest BCUT2D eigenvalue weighted by atomic mass is 32.1. The average molecular weight is 303 g/mol. The molecule has 4 heteroatoms. The molecule has 3 nitrogen and oxygen atoms in total. The van der Waals surface area contributed by atoms with E-state index in [1.807, 2.05) is 23.6 Å².